The number of amides is 1. The van der Waals surface area contributed by atoms with Crippen LogP contribution < -0.4 is 11.1 Å². The maximum atomic E-state index is 12.2. The first-order valence-corrected chi connectivity index (χ1v) is 11.4. The van der Waals surface area contributed by atoms with Crippen molar-refractivity contribution >= 4 is 32.3 Å². The number of hydrogen-bond donors (Lipinski definition) is 2. The Balaban J connectivity index is 1.79. The molecule has 2 aromatic carbocycles. The fourth-order valence-corrected chi connectivity index (χ4v) is 4.37. The summed E-state index contributed by atoms with van der Waals surface area (Å²) in [6.07, 6.45) is 4.72. The summed E-state index contributed by atoms with van der Waals surface area (Å²) in [6, 6.07) is 12.3. The quantitative estimate of drug-likeness (QED) is 0.619. The standard InChI is InChI=1S/C21H22N4O3S/c1-29(27,28)18-5-3-2-4-15(18)14-8-9-16-17(12-14)24-25-20(21(22)26)19(16)23-11-10-13-6-7-13/h2-5,8-9,12-13H,6-7,10-11H2,1H3,(H2,22,26)(H,23,24). The Morgan fingerprint density at radius 2 is 1.93 bits per heavy atom. The fourth-order valence-electron chi connectivity index (χ4n) is 3.46. The third-order valence-electron chi connectivity index (χ3n) is 5.14. The molecule has 0 unspecified atom stereocenters. The van der Waals surface area contributed by atoms with Gasteiger partial charge >= 0.3 is 0 Å². The number of fused-ring (bicyclic) bond motifs is 1. The Morgan fingerprint density at radius 1 is 1.17 bits per heavy atom. The second-order valence-electron chi connectivity index (χ2n) is 7.45. The van der Waals surface area contributed by atoms with E-state index in [-0.39, 0.29) is 10.6 Å². The van der Waals surface area contributed by atoms with E-state index in [4.69, 9.17) is 5.73 Å². The normalized spacial score (nSPS) is 14.1. The van der Waals surface area contributed by atoms with Gasteiger partial charge in [-0.05, 0) is 36.1 Å². The predicted molar refractivity (Wildman–Crippen MR) is 112 cm³/mol. The Bertz CT molecular complexity index is 1200. The zero-order valence-electron chi connectivity index (χ0n) is 16.1. The molecule has 0 saturated heterocycles. The highest BCUT2D eigenvalue weighted by molar-refractivity contribution is 7.90. The summed E-state index contributed by atoms with van der Waals surface area (Å²) in [5, 5.41) is 12.2. The molecule has 1 heterocycles. The van der Waals surface area contributed by atoms with Crippen molar-refractivity contribution in [1.82, 2.24) is 10.2 Å². The van der Waals surface area contributed by atoms with Crippen LogP contribution in [0.5, 0.6) is 0 Å². The van der Waals surface area contributed by atoms with Crippen molar-refractivity contribution in [3.8, 4) is 11.1 Å². The molecule has 7 nitrogen and oxygen atoms in total. The average molecular weight is 410 g/mol. The van der Waals surface area contributed by atoms with Gasteiger partial charge in [-0.25, -0.2) is 8.42 Å². The smallest absolute Gasteiger partial charge is 0.271 e. The van der Waals surface area contributed by atoms with E-state index in [0.717, 1.165) is 24.3 Å². The largest absolute Gasteiger partial charge is 0.383 e. The van der Waals surface area contributed by atoms with Gasteiger partial charge < -0.3 is 11.1 Å². The average Bonchev–Trinajstić information content (AvgIpc) is 3.51. The zero-order valence-corrected chi connectivity index (χ0v) is 16.9. The van der Waals surface area contributed by atoms with Crippen molar-refractivity contribution in [3.63, 3.8) is 0 Å². The van der Waals surface area contributed by atoms with Crippen molar-refractivity contribution in [3.05, 3.63) is 48.2 Å². The van der Waals surface area contributed by atoms with E-state index in [1.54, 1.807) is 30.3 Å². The first-order valence-electron chi connectivity index (χ1n) is 9.48. The Hall–Kier alpha value is -3.00. The van der Waals surface area contributed by atoms with Crippen LogP contribution in [0.4, 0.5) is 5.69 Å². The van der Waals surface area contributed by atoms with Gasteiger partial charge in [0.1, 0.15) is 0 Å². The number of carbonyl (C=O) groups is 1. The molecular weight excluding hydrogens is 388 g/mol. The molecule has 0 radical (unpaired) electrons. The van der Waals surface area contributed by atoms with Crippen molar-refractivity contribution in [2.24, 2.45) is 11.7 Å². The fraction of sp³-hybridized carbons (Fsp3) is 0.286. The Kier molecular flexibility index (Phi) is 4.96. The van der Waals surface area contributed by atoms with E-state index in [1.165, 1.54) is 19.1 Å². The van der Waals surface area contributed by atoms with Gasteiger partial charge in [-0.1, -0.05) is 37.1 Å². The first-order chi connectivity index (χ1) is 13.8. The number of carbonyl (C=O) groups excluding carboxylic acids is 1. The van der Waals surface area contributed by atoms with Gasteiger partial charge in [0.2, 0.25) is 0 Å². The minimum Gasteiger partial charge on any atom is -0.383 e. The molecular formula is C21H22N4O3S. The second kappa shape index (κ2) is 7.44. The van der Waals surface area contributed by atoms with E-state index in [1.807, 2.05) is 12.1 Å². The molecule has 3 N–H and O–H groups in total. The molecule has 1 fully saturated rings. The van der Waals surface area contributed by atoms with Crippen LogP contribution in [-0.4, -0.2) is 37.3 Å². The lowest BCUT2D eigenvalue weighted by Crippen LogP contribution is -2.18. The molecule has 1 aliphatic rings. The number of nitrogens with one attached hydrogen (secondary N) is 1. The third kappa shape index (κ3) is 4.07. The molecule has 1 aromatic heterocycles. The number of hydrogen-bond acceptors (Lipinski definition) is 6. The molecule has 1 saturated carbocycles. The zero-order chi connectivity index (χ0) is 20.6. The lowest BCUT2D eigenvalue weighted by atomic mass is 10.0. The maximum Gasteiger partial charge on any atom is 0.271 e. The lowest BCUT2D eigenvalue weighted by Gasteiger charge is -2.13. The van der Waals surface area contributed by atoms with Gasteiger partial charge in [-0.15, -0.1) is 10.2 Å². The summed E-state index contributed by atoms with van der Waals surface area (Å²) < 4.78 is 24.3. The van der Waals surface area contributed by atoms with Crippen molar-refractivity contribution in [1.29, 1.82) is 0 Å². The summed E-state index contributed by atoms with van der Waals surface area (Å²) in [4.78, 5) is 12.1. The van der Waals surface area contributed by atoms with Crippen molar-refractivity contribution in [2.45, 2.75) is 24.2 Å². The highest BCUT2D eigenvalue weighted by Gasteiger charge is 2.22. The Morgan fingerprint density at radius 3 is 2.62 bits per heavy atom. The van der Waals surface area contributed by atoms with Crippen LogP contribution in [0.1, 0.15) is 29.8 Å². The minimum absolute atomic E-state index is 0.109. The number of nitrogens with zero attached hydrogens (tertiary/aromatic N) is 2. The Labute approximate surface area is 169 Å². The van der Waals surface area contributed by atoms with Crippen LogP contribution in [0.3, 0.4) is 0 Å². The van der Waals surface area contributed by atoms with Crippen molar-refractivity contribution in [2.75, 3.05) is 18.1 Å². The number of rotatable bonds is 7. The number of aromatic nitrogens is 2. The lowest BCUT2D eigenvalue weighted by molar-refractivity contribution is 0.0995. The van der Waals surface area contributed by atoms with E-state index in [2.05, 4.69) is 15.5 Å². The van der Waals surface area contributed by atoms with Gasteiger partial charge in [-0.3, -0.25) is 4.79 Å². The van der Waals surface area contributed by atoms with Crippen LogP contribution in [-0.2, 0) is 9.84 Å². The van der Waals surface area contributed by atoms with E-state index in [0.29, 0.717) is 22.3 Å². The first kappa shape index (κ1) is 19.3. The molecule has 150 valence electrons. The number of benzene rings is 2. The van der Waals surface area contributed by atoms with Crippen LogP contribution >= 0.6 is 0 Å². The van der Waals surface area contributed by atoms with Crippen LogP contribution in [0.15, 0.2) is 47.4 Å². The van der Waals surface area contributed by atoms with E-state index < -0.39 is 15.7 Å². The molecule has 8 heteroatoms. The van der Waals surface area contributed by atoms with Gasteiger partial charge in [0.15, 0.2) is 15.5 Å². The summed E-state index contributed by atoms with van der Waals surface area (Å²) >= 11 is 0. The molecule has 0 aliphatic heterocycles. The van der Waals surface area contributed by atoms with E-state index >= 15 is 0 Å². The molecule has 1 amide bonds. The molecule has 29 heavy (non-hydrogen) atoms. The number of sulfone groups is 1. The summed E-state index contributed by atoms with van der Waals surface area (Å²) in [5.41, 5.74) is 8.04. The van der Waals surface area contributed by atoms with Crippen LogP contribution in [0.2, 0.25) is 0 Å². The maximum absolute atomic E-state index is 12.2. The predicted octanol–water partition coefficient (Wildman–Crippen LogP) is 3.01. The molecule has 3 aromatic rings. The number of nitrogens with two attached hydrogens (primary N) is 1. The summed E-state index contributed by atoms with van der Waals surface area (Å²) in [7, 11) is -3.38. The topological polar surface area (TPSA) is 115 Å². The van der Waals surface area contributed by atoms with Crippen LogP contribution in [0.25, 0.3) is 22.0 Å². The number of primary amides is 1. The van der Waals surface area contributed by atoms with E-state index in [9.17, 15) is 13.2 Å². The van der Waals surface area contributed by atoms with Gasteiger partial charge in [0.05, 0.1) is 16.1 Å². The van der Waals surface area contributed by atoms with Gasteiger partial charge in [0.25, 0.3) is 5.91 Å². The highest BCUT2D eigenvalue weighted by atomic mass is 32.2. The third-order valence-corrected chi connectivity index (χ3v) is 6.30. The van der Waals surface area contributed by atoms with Crippen molar-refractivity contribution < 1.29 is 13.2 Å². The van der Waals surface area contributed by atoms with Crippen LogP contribution in [0, 0.1) is 5.92 Å². The molecule has 0 spiro atoms. The minimum atomic E-state index is -3.38. The molecule has 0 bridgehead atoms. The molecule has 0 atom stereocenters. The highest BCUT2D eigenvalue weighted by Crippen LogP contribution is 2.34. The summed E-state index contributed by atoms with van der Waals surface area (Å²) in [5.74, 6) is 0.111. The van der Waals surface area contributed by atoms with Gasteiger partial charge in [0, 0.05) is 23.8 Å². The molecule has 1 aliphatic carbocycles. The van der Waals surface area contributed by atoms with Gasteiger partial charge in [-0.2, -0.15) is 0 Å². The summed E-state index contributed by atoms with van der Waals surface area (Å²) in [6.45, 7) is 0.727. The monoisotopic (exact) mass is 410 g/mol. The SMILES string of the molecule is CS(=O)(=O)c1ccccc1-c1ccc2c(NCCC3CC3)c(C(N)=O)nnc2c1. The number of anilines is 1. The molecule has 4 rings (SSSR count). The second-order valence-corrected chi connectivity index (χ2v) is 9.43.